The first-order chi connectivity index (χ1) is 25.0. The number of aliphatic carboxylic acids is 1. The summed E-state index contributed by atoms with van der Waals surface area (Å²) in [5, 5.41) is 48.3. The summed E-state index contributed by atoms with van der Waals surface area (Å²) in [6.45, 7) is 17.7. The molecule has 302 valence electrons. The molecule has 5 unspecified atom stereocenters. The van der Waals surface area contributed by atoms with E-state index in [2.05, 4.69) is 17.6 Å². The van der Waals surface area contributed by atoms with Crippen molar-refractivity contribution in [3.8, 4) is 0 Å². The molecule has 12 nitrogen and oxygen atoms in total. The maximum atomic E-state index is 13.9. The Morgan fingerprint density at radius 1 is 0.778 bits per heavy atom. The molecule has 2 aromatic carbocycles. The average Bonchev–Trinajstić information content (AvgIpc) is 3.04. The van der Waals surface area contributed by atoms with Crippen molar-refractivity contribution in [3.05, 3.63) is 65.2 Å². The molecule has 2 amide bonds. The molecule has 0 spiro atoms. The van der Waals surface area contributed by atoms with Gasteiger partial charge in [0.25, 0.3) is 0 Å². The number of aryl methyl sites for hydroxylation is 2. The van der Waals surface area contributed by atoms with Crippen LogP contribution in [0.1, 0.15) is 124 Å². The third-order valence-corrected chi connectivity index (χ3v) is 9.76. The Morgan fingerprint density at radius 2 is 1.30 bits per heavy atom. The van der Waals surface area contributed by atoms with E-state index < -0.39 is 58.6 Å². The van der Waals surface area contributed by atoms with Crippen LogP contribution in [0.5, 0.6) is 0 Å². The number of alkyl carbamates (subject to hydrolysis) is 1. The molecule has 54 heavy (non-hydrogen) atoms. The lowest BCUT2D eigenvalue weighted by Crippen LogP contribution is -2.73. The number of aliphatic hydroxyl groups excluding tert-OH is 2. The molecule has 1 fully saturated rings. The molecule has 2 aromatic rings. The largest absolute Gasteiger partial charge is 0.481 e. The Morgan fingerprint density at radius 3 is 1.74 bits per heavy atom. The first kappa shape index (κ1) is 46.2. The minimum absolute atomic E-state index is 0.225. The summed E-state index contributed by atoms with van der Waals surface area (Å²) >= 11 is 0. The SMILES string of the molecule is CC(=O)OC(C)(C)C.CCCCCCc1ccc(NC(=O)C2(C)C(C(=O)O)C(C)(C(O)O)C2C(O)c2ccc(CCCNC(=O)OC(C)(C)C)cc2)cc1. The molecule has 0 heterocycles. The third kappa shape index (κ3) is 12.8. The van der Waals surface area contributed by atoms with Gasteiger partial charge in [-0.1, -0.05) is 69.5 Å². The molecule has 0 bridgehead atoms. The van der Waals surface area contributed by atoms with Gasteiger partial charge in [-0.15, -0.1) is 0 Å². The van der Waals surface area contributed by atoms with E-state index in [1.165, 1.54) is 27.2 Å². The van der Waals surface area contributed by atoms with Gasteiger partial charge in [-0.2, -0.15) is 0 Å². The molecule has 0 aliphatic heterocycles. The zero-order chi connectivity index (χ0) is 41.1. The molecule has 0 aromatic heterocycles. The van der Waals surface area contributed by atoms with Gasteiger partial charge >= 0.3 is 18.0 Å². The van der Waals surface area contributed by atoms with Gasteiger partial charge in [-0.25, -0.2) is 4.79 Å². The van der Waals surface area contributed by atoms with Crippen molar-refractivity contribution < 1.29 is 49.1 Å². The molecule has 1 saturated carbocycles. The maximum absolute atomic E-state index is 13.9. The van der Waals surface area contributed by atoms with Crippen molar-refractivity contribution in [2.45, 2.75) is 138 Å². The van der Waals surface area contributed by atoms with E-state index >= 15 is 0 Å². The van der Waals surface area contributed by atoms with Crippen molar-refractivity contribution in [3.63, 3.8) is 0 Å². The molecular weight excluding hydrogens is 692 g/mol. The van der Waals surface area contributed by atoms with Crippen molar-refractivity contribution in [2.24, 2.45) is 22.7 Å². The first-order valence-electron chi connectivity index (χ1n) is 18.9. The smallest absolute Gasteiger partial charge is 0.407 e. The van der Waals surface area contributed by atoms with E-state index in [1.54, 1.807) is 45.0 Å². The van der Waals surface area contributed by atoms with E-state index in [4.69, 9.17) is 9.47 Å². The molecule has 6 N–H and O–H groups in total. The van der Waals surface area contributed by atoms with Gasteiger partial charge in [0.05, 0.1) is 17.4 Å². The Kier molecular flexibility index (Phi) is 16.7. The van der Waals surface area contributed by atoms with Gasteiger partial charge in [-0.3, -0.25) is 14.4 Å². The number of carbonyl (C=O) groups is 4. The minimum Gasteiger partial charge on any atom is -0.481 e. The van der Waals surface area contributed by atoms with E-state index in [0.717, 1.165) is 36.8 Å². The predicted octanol–water partition coefficient (Wildman–Crippen LogP) is 6.94. The predicted molar refractivity (Wildman–Crippen MR) is 207 cm³/mol. The van der Waals surface area contributed by atoms with Gasteiger partial charge in [0, 0.05) is 30.5 Å². The zero-order valence-corrected chi connectivity index (χ0v) is 33.8. The molecule has 3 rings (SSSR count). The van der Waals surface area contributed by atoms with E-state index in [9.17, 15) is 39.6 Å². The molecule has 1 aliphatic carbocycles. The summed E-state index contributed by atoms with van der Waals surface area (Å²) < 4.78 is 10.0. The quantitative estimate of drug-likeness (QED) is 0.0630. The van der Waals surface area contributed by atoms with Gasteiger partial charge in [-0.05, 0) is 103 Å². The van der Waals surface area contributed by atoms with Crippen molar-refractivity contribution in [1.29, 1.82) is 0 Å². The molecule has 12 heteroatoms. The standard InChI is InChI=1S/C36H52N2O8.C6H12O2/c1-7-8-9-10-12-23-16-20-26(21-17-23)38-31(42)35(5)28(36(6,32(43)44)29(35)30(40)41)27(39)25-18-14-24(15-19-25)13-11-22-37-33(45)46-34(2,3)4;1-5(7)8-6(2,3)4/h14-21,27-29,32,39,43-44H,7-13,22H2,1-6H3,(H,37,45)(H,38,42)(H,40,41);1-4H3. The van der Waals surface area contributed by atoms with Crippen molar-refractivity contribution in [2.75, 3.05) is 11.9 Å². The summed E-state index contributed by atoms with van der Waals surface area (Å²) in [4.78, 5) is 48.5. The Bertz CT molecular complexity index is 1530. The number of carboxylic acid groups (broad SMARTS) is 1. The number of carboxylic acids is 1. The summed E-state index contributed by atoms with van der Waals surface area (Å²) in [5.41, 5.74) is -1.31. The van der Waals surface area contributed by atoms with Crippen LogP contribution in [-0.4, -0.2) is 68.4 Å². The van der Waals surface area contributed by atoms with Crippen molar-refractivity contribution in [1.82, 2.24) is 5.32 Å². The Labute approximate surface area is 321 Å². The summed E-state index contributed by atoms with van der Waals surface area (Å²) in [6.07, 6.45) is 2.83. The van der Waals surface area contributed by atoms with Crippen LogP contribution >= 0.6 is 0 Å². The number of carbonyl (C=O) groups excluding carboxylic acids is 3. The number of anilines is 1. The van der Waals surface area contributed by atoms with Gasteiger partial charge in [0.1, 0.15) is 11.2 Å². The first-order valence-corrected chi connectivity index (χ1v) is 18.9. The normalized spacial score (nSPS) is 21.5. The number of ether oxygens (including phenoxy) is 2. The lowest BCUT2D eigenvalue weighted by Gasteiger charge is -2.65. The maximum Gasteiger partial charge on any atom is 0.407 e. The van der Waals surface area contributed by atoms with Gasteiger partial charge in [0.2, 0.25) is 5.91 Å². The van der Waals surface area contributed by atoms with E-state index in [-0.39, 0.29) is 11.6 Å². The van der Waals surface area contributed by atoms with Crippen molar-refractivity contribution >= 4 is 29.6 Å². The van der Waals surface area contributed by atoms with Crippen LogP contribution in [-0.2, 0) is 36.7 Å². The van der Waals surface area contributed by atoms with Crippen LogP contribution in [0.2, 0.25) is 0 Å². The fraction of sp³-hybridized carbons (Fsp3) is 0.619. The summed E-state index contributed by atoms with van der Waals surface area (Å²) in [5.74, 6) is -4.81. The number of aliphatic hydroxyl groups is 3. The number of unbranched alkanes of at least 4 members (excludes halogenated alkanes) is 3. The Balaban J connectivity index is 0.00000113. The van der Waals surface area contributed by atoms with Crippen LogP contribution in [0.25, 0.3) is 0 Å². The second-order valence-electron chi connectivity index (χ2n) is 16.7. The van der Waals surface area contributed by atoms with Gasteiger partial charge in [0.15, 0.2) is 6.29 Å². The lowest BCUT2D eigenvalue weighted by molar-refractivity contribution is -0.295. The number of hydrogen-bond acceptors (Lipinski definition) is 9. The summed E-state index contributed by atoms with van der Waals surface area (Å²) in [7, 11) is 0. The highest BCUT2D eigenvalue weighted by Gasteiger charge is 2.76. The zero-order valence-electron chi connectivity index (χ0n) is 33.8. The average molecular weight is 757 g/mol. The number of hydrogen-bond donors (Lipinski definition) is 6. The highest BCUT2D eigenvalue weighted by Crippen LogP contribution is 2.68. The fourth-order valence-electron chi connectivity index (χ4n) is 7.41. The summed E-state index contributed by atoms with van der Waals surface area (Å²) in [6, 6.07) is 14.4. The van der Waals surface area contributed by atoms with Crippen LogP contribution in [0.4, 0.5) is 10.5 Å². The lowest BCUT2D eigenvalue weighted by atomic mass is 9.37. The molecule has 1 aliphatic rings. The highest BCUT2D eigenvalue weighted by molar-refractivity contribution is 6.00. The van der Waals surface area contributed by atoms with Gasteiger partial charge < -0.3 is 40.5 Å². The molecule has 5 atom stereocenters. The number of rotatable bonds is 15. The van der Waals surface area contributed by atoms with Crippen LogP contribution in [0.15, 0.2) is 48.5 Å². The monoisotopic (exact) mass is 756 g/mol. The second-order valence-corrected chi connectivity index (χ2v) is 16.7. The number of benzene rings is 2. The molecule has 0 radical (unpaired) electrons. The Hall–Kier alpha value is -4.00. The highest BCUT2D eigenvalue weighted by atomic mass is 16.6. The van der Waals surface area contributed by atoms with E-state index in [1.807, 2.05) is 45.0 Å². The number of nitrogens with one attached hydrogen (secondary N) is 2. The van der Waals surface area contributed by atoms with E-state index in [0.29, 0.717) is 30.6 Å². The second kappa shape index (κ2) is 19.5. The number of amides is 2. The number of esters is 1. The minimum atomic E-state index is -2.10. The van der Waals surface area contributed by atoms with Crippen LogP contribution < -0.4 is 10.6 Å². The van der Waals surface area contributed by atoms with Crippen LogP contribution in [0, 0.1) is 22.7 Å². The third-order valence-electron chi connectivity index (χ3n) is 9.76. The molecule has 0 saturated heterocycles. The van der Waals surface area contributed by atoms with Crippen LogP contribution in [0.3, 0.4) is 0 Å². The topological polar surface area (TPSA) is 192 Å². The molecular formula is C42H64N2O10. The fourth-order valence-corrected chi connectivity index (χ4v) is 7.41.